The number of H-pyrrole nitrogens is 2. The summed E-state index contributed by atoms with van der Waals surface area (Å²) in [5, 5.41) is 20.9. The molecule has 40 heavy (non-hydrogen) atoms. The van der Waals surface area contributed by atoms with Crippen molar-refractivity contribution >= 4 is 33.8 Å². The number of phenolic OH excluding ortho intramolecular Hbond substituents is 1. The number of nitrogens with one attached hydrogen (secondary N) is 3. The highest BCUT2D eigenvalue weighted by Gasteiger charge is 2.19. The van der Waals surface area contributed by atoms with Crippen LogP contribution < -0.4 is 5.32 Å². The summed E-state index contributed by atoms with van der Waals surface area (Å²) in [4.78, 5) is 33.5. The molecule has 0 bridgehead atoms. The van der Waals surface area contributed by atoms with Gasteiger partial charge >= 0.3 is 0 Å². The van der Waals surface area contributed by atoms with Crippen LogP contribution in [-0.4, -0.2) is 46.1 Å². The molecule has 0 aliphatic rings. The Balaban J connectivity index is 1.37. The molecule has 6 rings (SSSR count). The van der Waals surface area contributed by atoms with E-state index in [4.69, 9.17) is 4.98 Å². The molecule has 6 aromatic rings. The minimum absolute atomic E-state index is 0.0801. The number of nitrogens with zero attached hydrogens (tertiary/aromatic N) is 5. The summed E-state index contributed by atoms with van der Waals surface area (Å²) < 4.78 is 14.0. The van der Waals surface area contributed by atoms with Gasteiger partial charge in [-0.2, -0.15) is 5.10 Å². The van der Waals surface area contributed by atoms with Crippen molar-refractivity contribution in [3.63, 3.8) is 0 Å². The minimum Gasteiger partial charge on any atom is -0.508 e. The number of halogens is 1. The maximum Gasteiger partial charge on any atom is 0.224 e. The first kappa shape index (κ1) is 25.1. The molecule has 0 atom stereocenters. The van der Waals surface area contributed by atoms with Crippen molar-refractivity contribution in [2.24, 2.45) is 5.41 Å². The van der Waals surface area contributed by atoms with E-state index in [1.165, 1.54) is 12.1 Å². The number of rotatable bonds is 5. The largest absolute Gasteiger partial charge is 0.508 e. The number of aromatic amines is 2. The molecule has 0 spiro atoms. The third-order valence-corrected chi connectivity index (χ3v) is 6.27. The summed E-state index contributed by atoms with van der Waals surface area (Å²) in [5.41, 5.74) is 5.17. The van der Waals surface area contributed by atoms with Crippen molar-refractivity contribution in [1.82, 2.24) is 35.1 Å². The van der Waals surface area contributed by atoms with Crippen LogP contribution in [0.25, 0.3) is 56.0 Å². The average Bonchev–Trinajstić information content (AvgIpc) is 3.50. The summed E-state index contributed by atoms with van der Waals surface area (Å²) in [6.07, 6.45) is 6.99. The molecule has 0 saturated heterocycles. The van der Waals surface area contributed by atoms with Crippen molar-refractivity contribution in [2.45, 2.75) is 27.2 Å². The predicted octanol–water partition coefficient (Wildman–Crippen LogP) is 5.84. The molecule has 0 saturated carbocycles. The number of imidazole rings is 1. The smallest absolute Gasteiger partial charge is 0.224 e. The number of fused-ring (bicyclic) bond motifs is 2. The molecule has 0 unspecified atom stereocenters. The Morgan fingerprint density at radius 1 is 1.00 bits per heavy atom. The summed E-state index contributed by atoms with van der Waals surface area (Å²) in [6, 6.07) is 9.33. The Morgan fingerprint density at radius 2 is 1.82 bits per heavy atom. The molecule has 200 valence electrons. The highest BCUT2D eigenvalue weighted by atomic mass is 19.1. The van der Waals surface area contributed by atoms with Gasteiger partial charge in [0.15, 0.2) is 17.1 Å². The molecule has 0 fully saturated rings. The van der Waals surface area contributed by atoms with Crippen molar-refractivity contribution in [2.75, 3.05) is 5.32 Å². The molecule has 1 aromatic carbocycles. The molecule has 5 heterocycles. The third-order valence-electron chi connectivity index (χ3n) is 6.27. The fraction of sp³-hybridized carbons (Fsp3) is 0.172. The molecular formula is C29H25FN8O2. The summed E-state index contributed by atoms with van der Waals surface area (Å²) in [6.45, 7) is 6.03. The third kappa shape index (κ3) is 4.96. The van der Waals surface area contributed by atoms with Gasteiger partial charge in [0.2, 0.25) is 5.91 Å². The molecule has 5 aromatic heterocycles. The highest BCUT2D eigenvalue weighted by Crippen LogP contribution is 2.33. The van der Waals surface area contributed by atoms with Crippen LogP contribution in [0.4, 0.5) is 10.1 Å². The van der Waals surface area contributed by atoms with Crippen molar-refractivity contribution in [3.8, 4) is 39.5 Å². The second-order valence-corrected chi connectivity index (χ2v) is 10.8. The maximum absolute atomic E-state index is 14.0. The molecule has 0 aliphatic heterocycles. The Bertz CT molecular complexity index is 1880. The van der Waals surface area contributed by atoms with Crippen LogP contribution in [0.15, 0.2) is 61.2 Å². The van der Waals surface area contributed by atoms with Crippen LogP contribution >= 0.6 is 0 Å². The Morgan fingerprint density at radius 3 is 2.62 bits per heavy atom. The van der Waals surface area contributed by atoms with Gasteiger partial charge in [0.25, 0.3) is 0 Å². The molecular weight excluding hydrogens is 511 g/mol. The minimum atomic E-state index is -0.556. The van der Waals surface area contributed by atoms with Gasteiger partial charge in [-0.1, -0.05) is 20.8 Å². The standard InChI is InChI=1S/C29H25FN8O2/c1-29(2,3)11-23(40)34-19-7-16(12-31-14-19)17-9-22-25(37-38-26(22)33-13-17)28-35-24-21(4-5-32-27(24)36-28)15-6-18(30)10-20(39)8-15/h4-10,12-14,39H,11H2,1-3H3,(H,34,40)(H,32,35,36)(H,33,37,38). The number of pyridine rings is 3. The van der Waals surface area contributed by atoms with E-state index >= 15 is 0 Å². The van der Waals surface area contributed by atoms with Crippen LogP contribution in [0.2, 0.25) is 0 Å². The number of benzene rings is 1. The summed E-state index contributed by atoms with van der Waals surface area (Å²) in [7, 11) is 0. The average molecular weight is 537 g/mol. The first-order chi connectivity index (χ1) is 19.1. The SMILES string of the molecule is CC(C)(C)CC(=O)Nc1cncc(-c2cnc3[nH]nc(-c4nc5c(-c6cc(O)cc(F)c6)ccnc5[nH]4)c3c2)c1. The maximum atomic E-state index is 14.0. The monoisotopic (exact) mass is 536 g/mol. The lowest BCUT2D eigenvalue weighted by Crippen LogP contribution is -2.19. The summed E-state index contributed by atoms with van der Waals surface area (Å²) >= 11 is 0. The Labute approximate surface area is 227 Å². The zero-order chi connectivity index (χ0) is 28.0. The lowest BCUT2D eigenvalue weighted by Gasteiger charge is -2.17. The first-order valence-electron chi connectivity index (χ1n) is 12.6. The second kappa shape index (κ2) is 9.53. The topological polar surface area (TPSA) is 145 Å². The van der Waals surface area contributed by atoms with Gasteiger partial charge in [-0.3, -0.25) is 14.9 Å². The molecule has 0 radical (unpaired) electrons. The number of phenols is 1. The van der Waals surface area contributed by atoms with Gasteiger partial charge in [-0.25, -0.2) is 19.3 Å². The van der Waals surface area contributed by atoms with Gasteiger partial charge in [0.1, 0.15) is 22.8 Å². The fourth-order valence-corrected chi connectivity index (χ4v) is 4.58. The second-order valence-electron chi connectivity index (χ2n) is 10.8. The molecule has 0 aliphatic carbocycles. The molecule has 10 nitrogen and oxygen atoms in total. The van der Waals surface area contributed by atoms with E-state index < -0.39 is 5.82 Å². The molecule has 1 amide bonds. The van der Waals surface area contributed by atoms with Gasteiger partial charge in [-0.15, -0.1) is 0 Å². The van der Waals surface area contributed by atoms with E-state index in [1.807, 2.05) is 32.9 Å². The van der Waals surface area contributed by atoms with E-state index in [1.54, 1.807) is 30.9 Å². The van der Waals surface area contributed by atoms with Crippen molar-refractivity contribution in [3.05, 3.63) is 67.0 Å². The molecule has 11 heteroatoms. The first-order valence-corrected chi connectivity index (χ1v) is 12.6. The number of amides is 1. The van der Waals surface area contributed by atoms with Crippen molar-refractivity contribution < 1.29 is 14.3 Å². The zero-order valence-corrected chi connectivity index (χ0v) is 22.0. The number of carbonyl (C=O) groups is 1. The van der Waals surface area contributed by atoms with E-state index in [0.29, 0.717) is 57.0 Å². The van der Waals surface area contributed by atoms with Crippen LogP contribution in [-0.2, 0) is 4.79 Å². The fourth-order valence-electron chi connectivity index (χ4n) is 4.58. The number of hydrogen-bond donors (Lipinski definition) is 4. The predicted molar refractivity (Wildman–Crippen MR) is 150 cm³/mol. The van der Waals surface area contributed by atoms with E-state index in [2.05, 4.69) is 35.5 Å². The van der Waals surface area contributed by atoms with Crippen LogP contribution in [0.5, 0.6) is 5.75 Å². The number of aromatic nitrogens is 7. The number of aromatic hydroxyl groups is 1. The highest BCUT2D eigenvalue weighted by molar-refractivity contribution is 5.96. The zero-order valence-electron chi connectivity index (χ0n) is 22.0. The van der Waals surface area contributed by atoms with Gasteiger partial charge in [-0.05, 0) is 41.3 Å². The van der Waals surface area contributed by atoms with E-state index in [-0.39, 0.29) is 17.1 Å². The van der Waals surface area contributed by atoms with Gasteiger partial charge < -0.3 is 15.4 Å². The lowest BCUT2D eigenvalue weighted by molar-refractivity contribution is -0.117. The van der Waals surface area contributed by atoms with Gasteiger partial charge in [0.05, 0.1) is 17.3 Å². The quantitative estimate of drug-likeness (QED) is 0.216. The van der Waals surface area contributed by atoms with E-state index in [9.17, 15) is 14.3 Å². The van der Waals surface area contributed by atoms with Crippen LogP contribution in [0.1, 0.15) is 27.2 Å². The van der Waals surface area contributed by atoms with E-state index in [0.717, 1.165) is 17.2 Å². The lowest BCUT2D eigenvalue weighted by atomic mass is 9.92. The van der Waals surface area contributed by atoms with Crippen molar-refractivity contribution in [1.29, 1.82) is 0 Å². The summed E-state index contributed by atoms with van der Waals surface area (Å²) in [5.74, 6) is -0.370. The normalized spacial score (nSPS) is 11.8. The number of carbonyl (C=O) groups excluding carboxylic acids is 1. The number of hydrogen-bond acceptors (Lipinski definition) is 7. The van der Waals surface area contributed by atoms with Crippen LogP contribution in [0.3, 0.4) is 0 Å². The van der Waals surface area contributed by atoms with Crippen LogP contribution in [0, 0.1) is 11.2 Å². The Hall–Kier alpha value is -5.19. The molecule has 4 N–H and O–H groups in total. The number of anilines is 1. The van der Waals surface area contributed by atoms with Gasteiger partial charge in [0, 0.05) is 47.8 Å². The Kier molecular flexibility index (Phi) is 5.98.